The Labute approximate surface area is 95.4 Å². The molecule has 0 fully saturated rings. The van der Waals surface area contributed by atoms with E-state index in [1.54, 1.807) is 12.3 Å². The third kappa shape index (κ3) is 2.27. The molecule has 6 heteroatoms. The van der Waals surface area contributed by atoms with Gasteiger partial charge in [0.25, 0.3) is 0 Å². The van der Waals surface area contributed by atoms with Crippen molar-refractivity contribution in [3.63, 3.8) is 0 Å². The van der Waals surface area contributed by atoms with Gasteiger partial charge < -0.3 is 0 Å². The van der Waals surface area contributed by atoms with Crippen LogP contribution in [0.25, 0.3) is 5.69 Å². The van der Waals surface area contributed by atoms with Gasteiger partial charge in [0.15, 0.2) is 0 Å². The smallest absolute Gasteiger partial charge is 0.126 e. The highest BCUT2D eigenvalue weighted by molar-refractivity contribution is 6.30. The average molecular weight is 246 g/mol. The summed E-state index contributed by atoms with van der Waals surface area (Å²) in [6.45, 7) is 0. The van der Waals surface area contributed by atoms with Crippen molar-refractivity contribution in [3.8, 4) is 5.69 Å². The number of halogens is 3. The van der Waals surface area contributed by atoms with E-state index in [1.165, 1.54) is 16.8 Å². The summed E-state index contributed by atoms with van der Waals surface area (Å²) in [5, 5.41) is 7.90. The minimum atomic E-state index is -0.416. The summed E-state index contributed by atoms with van der Waals surface area (Å²) in [7, 11) is 0. The van der Waals surface area contributed by atoms with Crippen LogP contribution in [0.5, 0.6) is 0 Å². The normalized spacial score (nSPS) is 10.6. The van der Waals surface area contributed by atoms with E-state index >= 15 is 0 Å². The summed E-state index contributed by atoms with van der Waals surface area (Å²) >= 11 is 11.3. The van der Waals surface area contributed by atoms with Gasteiger partial charge in [0, 0.05) is 5.02 Å². The van der Waals surface area contributed by atoms with Gasteiger partial charge in [0.1, 0.15) is 5.82 Å². The molecule has 0 aliphatic rings. The number of alkyl halides is 1. The Morgan fingerprint density at radius 2 is 2.13 bits per heavy atom. The Hall–Kier alpha value is -1.13. The van der Waals surface area contributed by atoms with E-state index in [2.05, 4.69) is 10.3 Å². The van der Waals surface area contributed by atoms with Gasteiger partial charge in [-0.2, -0.15) is 0 Å². The van der Waals surface area contributed by atoms with Gasteiger partial charge in [-0.25, -0.2) is 9.07 Å². The fraction of sp³-hybridized carbons (Fsp3) is 0.111. The second-order valence-electron chi connectivity index (χ2n) is 2.92. The first-order valence-corrected chi connectivity index (χ1v) is 5.04. The van der Waals surface area contributed by atoms with Gasteiger partial charge >= 0.3 is 0 Å². The molecule has 0 radical (unpaired) electrons. The van der Waals surface area contributed by atoms with E-state index in [9.17, 15) is 4.39 Å². The molecule has 0 spiro atoms. The molecule has 1 aromatic heterocycles. The molecule has 2 aromatic rings. The summed E-state index contributed by atoms with van der Waals surface area (Å²) in [6.07, 6.45) is 1.62. The second kappa shape index (κ2) is 4.16. The largest absolute Gasteiger partial charge is 0.220 e. The van der Waals surface area contributed by atoms with Crippen molar-refractivity contribution in [1.82, 2.24) is 15.0 Å². The fourth-order valence-corrected chi connectivity index (χ4v) is 1.50. The van der Waals surface area contributed by atoms with Crippen LogP contribution in [0, 0.1) is 5.82 Å². The monoisotopic (exact) mass is 245 g/mol. The first-order chi connectivity index (χ1) is 7.19. The maximum absolute atomic E-state index is 13.0. The first-order valence-electron chi connectivity index (χ1n) is 4.12. The summed E-state index contributed by atoms with van der Waals surface area (Å²) in [4.78, 5) is 0. The number of benzene rings is 1. The van der Waals surface area contributed by atoms with Crippen LogP contribution in [0.15, 0.2) is 24.4 Å². The Kier molecular flexibility index (Phi) is 2.88. The number of hydrogen-bond acceptors (Lipinski definition) is 2. The number of aromatic nitrogens is 3. The molecule has 1 heterocycles. The summed E-state index contributed by atoms with van der Waals surface area (Å²) in [6, 6.07) is 4.14. The molecule has 0 saturated carbocycles. The van der Waals surface area contributed by atoms with E-state index in [-0.39, 0.29) is 5.88 Å². The molecule has 2 rings (SSSR count). The van der Waals surface area contributed by atoms with Gasteiger partial charge in [0.05, 0.1) is 23.5 Å². The van der Waals surface area contributed by atoms with Gasteiger partial charge in [-0.05, 0) is 18.2 Å². The highest BCUT2D eigenvalue weighted by atomic mass is 35.5. The summed E-state index contributed by atoms with van der Waals surface area (Å²) < 4.78 is 14.5. The Balaban J connectivity index is 2.44. The quantitative estimate of drug-likeness (QED) is 0.763. The molecule has 0 saturated heterocycles. The summed E-state index contributed by atoms with van der Waals surface area (Å²) in [5.41, 5.74) is 1.14. The third-order valence-corrected chi connectivity index (χ3v) is 2.28. The number of rotatable bonds is 2. The van der Waals surface area contributed by atoms with Crippen molar-refractivity contribution >= 4 is 23.2 Å². The molecule has 0 aliphatic heterocycles. The minimum absolute atomic E-state index is 0.267. The maximum atomic E-state index is 13.0. The zero-order valence-corrected chi connectivity index (χ0v) is 9.00. The molecule has 3 nitrogen and oxygen atoms in total. The van der Waals surface area contributed by atoms with Gasteiger partial charge in [-0.1, -0.05) is 16.8 Å². The summed E-state index contributed by atoms with van der Waals surface area (Å²) in [5.74, 6) is -0.149. The van der Waals surface area contributed by atoms with Gasteiger partial charge in [0.2, 0.25) is 0 Å². The van der Waals surface area contributed by atoms with E-state index in [0.717, 1.165) is 0 Å². The van der Waals surface area contributed by atoms with Crippen molar-refractivity contribution in [1.29, 1.82) is 0 Å². The van der Waals surface area contributed by atoms with Crippen LogP contribution in [-0.2, 0) is 5.88 Å². The second-order valence-corrected chi connectivity index (χ2v) is 3.62. The lowest BCUT2D eigenvalue weighted by molar-refractivity contribution is 0.625. The van der Waals surface area contributed by atoms with Crippen molar-refractivity contribution in [2.45, 2.75) is 5.88 Å². The van der Waals surface area contributed by atoms with Crippen LogP contribution in [-0.4, -0.2) is 15.0 Å². The molecule has 0 unspecified atom stereocenters. The first kappa shape index (κ1) is 10.4. The highest BCUT2D eigenvalue weighted by Crippen LogP contribution is 2.17. The zero-order valence-electron chi connectivity index (χ0n) is 7.49. The predicted octanol–water partition coefficient (Wildman–Crippen LogP) is 2.80. The van der Waals surface area contributed by atoms with E-state index < -0.39 is 5.82 Å². The van der Waals surface area contributed by atoms with Crippen LogP contribution in [0.4, 0.5) is 4.39 Å². The molecule has 78 valence electrons. The zero-order chi connectivity index (χ0) is 10.8. The molecular weight excluding hydrogens is 240 g/mol. The van der Waals surface area contributed by atoms with Crippen LogP contribution >= 0.6 is 23.2 Å². The maximum Gasteiger partial charge on any atom is 0.126 e. The lowest BCUT2D eigenvalue weighted by Crippen LogP contribution is -1.95. The van der Waals surface area contributed by atoms with Crippen molar-refractivity contribution < 1.29 is 4.39 Å². The molecule has 0 amide bonds. The van der Waals surface area contributed by atoms with Gasteiger partial charge in [-0.3, -0.25) is 0 Å². The fourth-order valence-electron chi connectivity index (χ4n) is 1.16. The van der Waals surface area contributed by atoms with Crippen LogP contribution < -0.4 is 0 Å². The van der Waals surface area contributed by atoms with Crippen molar-refractivity contribution in [3.05, 3.63) is 40.9 Å². The third-order valence-electron chi connectivity index (χ3n) is 1.79. The van der Waals surface area contributed by atoms with E-state index in [1.807, 2.05) is 0 Å². The SMILES string of the molecule is Fc1cc(Cl)cc(-n2cc(CCl)nn2)c1. The lowest BCUT2D eigenvalue weighted by atomic mass is 10.3. The van der Waals surface area contributed by atoms with E-state index in [0.29, 0.717) is 16.4 Å². The van der Waals surface area contributed by atoms with Crippen LogP contribution in [0.3, 0.4) is 0 Å². The van der Waals surface area contributed by atoms with Crippen molar-refractivity contribution in [2.75, 3.05) is 0 Å². The molecule has 0 N–H and O–H groups in total. The molecule has 0 atom stereocenters. The standard InChI is InChI=1S/C9H6Cl2FN3/c10-4-8-5-15(14-13-8)9-2-6(11)1-7(12)3-9/h1-3,5H,4H2. The lowest BCUT2D eigenvalue weighted by Gasteiger charge is -2.00. The molecule has 0 aliphatic carbocycles. The van der Waals surface area contributed by atoms with E-state index in [4.69, 9.17) is 23.2 Å². The molecule has 15 heavy (non-hydrogen) atoms. The predicted molar refractivity (Wildman–Crippen MR) is 55.9 cm³/mol. The molecular formula is C9H6Cl2FN3. The average Bonchev–Trinajstić information content (AvgIpc) is 2.64. The van der Waals surface area contributed by atoms with Gasteiger partial charge in [-0.15, -0.1) is 16.7 Å². The molecule has 0 bridgehead atoms. The van der Waals surface area contributed by atoms with Crippen LogP contribution in [0.1, 0.15) is 5.69 Å². The minimum Gasteiger partial charge on any atom is -0.220 e. The Morgan fingerprint density at radius 1 is 1.33 bits per heavy atom. The van der Waals surface area contributed by atoms with Crippen molar-refractivity contribution in [2.24, 2.45) is 0 Å². The highest BCUT2D eigenvalue weighted by Gasteiger charge is 2.04. The van der Waals surface area contributed by atoms with Crippen LogP contribution in [0.2, 0.25) is 5.02 Å². The number of hydrogen-bond donors (Lipinski definition) is 0. The Bertz CT molecular complexity index is 464. The molecule has 1 aromatic carbocycles. The Morgan fingerprint density at radius 3 is 2.73 bits per heavy atom. The number of nitrogens with zero attached hydrogens (tertiary/aromatic N) is 3. The topological polar surface area (TPSA) is 30.7 Å².